The van der Waals surface area contributed by atoms with Crippen molar-refractivity contribution in [3.63, 3.8) is 0 Å². The standard InChI is InChI=1S/C14H21N5O2/c1-4-5-11(13-15-6-7-19(13)3)16-12(20)8-10-9(2)17-18-14(10)21/h6-7,11H,4-5,8H2,1-3H3,(H,16,20)(H2,17,18,21). The van der Waals surface area contributed by atoms with Gasteiger partial charge in [-0.1, -0.05) is 13.3 Å². The van der Waals surface area contributed by atoms with E-state index in [-0.39, 0.29) is 23.9 Å². The number of H-pyrrole nitrogens is 2. The third-order valence-electron chi connectivity index (χ3n) is 3.51. The molecule has 0 spiro atoms. The van der Waals surface area contributed by atoms with E-state index in [2.05, 4.69) is 27.4 Å². The summed E-state index contributed by atoms with van der Waals surface area (Å²) in [6.07, 6.45) is 5.37. The van der Waals surface area contributed by atoms with Crippen molar-refractivity contribution in [3.05, 3.63) is 39.8 Å². The van der Waals surface area contributed by atoms with Crippen LogP contribution < -0.4 is 10.9 Å². The highest BCUT2D eigenvalue weighted by atomic mass is 16.2. The summed E-state index contributed by atoms with van der Waals surface area (Å²) < 4.78 is 1.90. The zero-order valence-electron chi connectivity index (χ0n) is 12.6. The molecule has 0 saturated carbocycles. The van der Waals surface area contributed by atoms with Gasteiger partial charge in [0.25, 0.3) is 5.56 Å². The van der Waals surface area contributed by atoms with E-state index < -0.39 is 0 Å². The second-order valence-corrected chi connectivity index (χ2v) is 5.16. The molecule has 2 rings (SSSR count). The van der Waals surface area contributed by atoms with E-state index in [1.54, 1.807) is 13.1 Å². The predicted octanol–water partition coefficient (Wildman–Crippen LogP) is 0.945. The lowest BCUT2D eigenvalue weighted by molar-refractivity contribution is -0.121. The molecule has 0 aliphatic rings. The van der Waals surface area contributed by atoms with Gasteiger partial charge in [0, 0.05) is 30.7 Å². The molecule has 0 aromatic carbocycles. The minimum absolute atomic E-state index is 0.0648. The van der Waals surface area contributed by atoms with Gasteiger partial charge in [0.05, 0.1) is 12.5 Å². The van der Waals surface area contributed by atoms with Gasteiger partial charge >= 0.3 is 0 Å². The molecule has 21 heavy (non-hydrogen) atoms. The van der Waals surface area contributed by atoms with Crippen LogP contribution in [0.25, 0.3) is 0 Å². The zero-order chi connectivity index (χ0) is 15.4. The molecule has 114 valence electrons. The van der Waals surface area contributed by atoms with Crippen molar-refractivity contribution in [2.45, 2.75) is 39.2 Å². The molecule has 3 N–H and O–H groups in total. The summed E-state index contributed by atoms with van der Waals surface area (Å²) in [4.78, 5) is 28.1. The molecule has 0 saturated heterocycles. The van der Waals surface area contributed by atoms with Gasteiger partial charge in [0.2, 0.25) is 5.91 Å². The smallest absolute Gasteiger partial charge is 0.267 e. The Morgan fingerprint density at radius 2 is 2.24 bits per heavy atom. The zero-order valence-corrected chi connectivity index (χ0v) is 12.6. The minimum Gasteiger partial charge on any atom is -0.346 e. The fraction of sp³-hybridized carbons (Fsp3) is 0.500. The molecule has 2 heterocycles. The second-order valence-electron chi connectivity index (χ2n) is 5.16. The first-order chi connectivity index (χ1) is 10.0. The van der Waals surface area contributed by atoms with Gasteiger partial charge in [0.15, 0.2) is 0 Å². The van der Waals surface area contributed by atoms with Crippen molar-refractivity contribution in [2.24, 2.45) is 7.05 Å². The number of amides is 1. The first-order valence-electron chi connectivity index (χ1n) is 7.05. The summed E-state index contributed by atoms with van der Waals surface area (Å²) in [5.41, 5.74) is 0.924. The molecule has 1 atom stereocenters. The van der Waals surface area contributed by atoms with Gasteiger partial charge < -0.3 is 15.0 Å². The van der Waals surface area contributed by atoms with E-state index in [9.17, 15) is 9.59 Å². The fourth-order valence-corrected chi connectivity index (χ4v) is 2.36. The van der Waals surface area contributed by atoms with Gasteiger partial charge in [-0.15, -0.1) is 0 Å². The lowest BCUT2D eigenvalue weighted by Crippen LogP contribution is -2.32. The summed E-state index contributed by atoms with van der Waals surface area (Å²) >= 11 is 0. The van der Waals surface area contributed by atoms with Crippen LogP contribution in [0.3, 0.4) is 0 Å². The third kappa shape index (κ3) is 3.42. The van der Waals surface area contributed by atoms with Gasteiger partial charge in [-0.25, -0.2) is 4.98 Å². The van der Waals surface area contributed by atoms with Crippen LogP contribution >= 0.6 is 0 Å². The van der Waals surface area contributed by atoms with Crippen molar-refractivity contribution in [3.8, 4) is 0 Å². The molecule has 0 bridgehead atoms. The predicted molar refractivity (Wildman–Crippen MR) is 78.9 cm³/mol. The summed E-state index contributed by atoms with van der Waals surface area (Å²) in [7, 11) is 1.90. The Hall–Kier alpha value is -2.31. The molecular weight excluding hydrogens is 270 g/mol. The Morgan fingerprint density at radius 1 is 1.48 bits per heavy atom. The maximum atomic E-state index is 12.2. The number of carbonyl (C=O) groups is 1. The number of aromatic amines is 2. The Labute approximate surface area is 122 Å². The highest BCUT2D eigenvalue weighted by Crippen LogP contribution is 2.16. The van der Waals surface area contributed by atoms with Crippen LogP contribution in [-0.2, 0) is 18.3 Å². The molecule has 7 nitrogen and oxygen atoms in total. The maximum absolute atomic E-state index is 12.2. The van der Waals surface area contributed by atoms with Crippen LogP contribution in [0.2, 0.25) is 0 Å². The Bertz CT molecular complexity index is 667. The highest BCUT2D eigenvalue weighted by Gasteiger charge is 2.19. The quantitative estimate of drug-likeness (QED) is 0.739. The SMILES string of the molecule is CCCC(NC(=O)Cc1c(C)[nH][nH]c1=O)c1nccn1C. The van der Waals surface area contributed by atoms with Crippen molar-refractivity contribution in [2.75, 3.05) is 0 Å². The maximum Gasteiger partial charge on any atom is 0.267 e. The van der Waals surface area contributed by atoms with E-state index in [0.29, 0.717) is 11.3 Å². The number of nitrogens with one attached hydrogen (secondary N) is 3. The van der Waals surface area contributed by atoms with E-state index in [4.69, 9.17) is 0 Å². The van der Waals surface area contributed by atoms with Crippen LogP contribution in [0.5, 0.6) is 0 Å². The molecule has 7 heteroatoms. The van der Waals surface area contributed by atoms with Crippen LogP contribution in [-0.4, -0.2) is 25.7 Å². The van der Waals surface area contributed by atoms with Gasteiger partial charge in [-0.2, -0.15) is 0 Å². The number of hydrogen-bond acceptors (Lipinski definition) is 3. The van der Waals surface area contributed by atoms with Crippen molar-refractivity contribution >= 4 is 5.91 Å². The highest BCUT2D eigenvalue weighted by molar-refractivity contribution is 5.79. The number of carbonyl (C=O) groups excluding carboxylic acids is 1. The third-order valence-corrected chi connectivity index (χ3v) is 3.51. The monoisotopic (exact) mass is 291 g/mol. The molecular formula is C14H21N5O2. The molecule has 0 aliphatic carbocycles. The molecule has 1 amide bonds. The van der Waals surface area contributed by atoms with Crippen LogP contribution in [0.1, 0.15) is 42.9 Å². The lowest BCUT2D eigenvalue weighted by Gasteiger charge is -2.17. The molecule has 2 aromatic rings. The number of imidazole rings is 1. The first kappa shape index (κ1) is 15.1. The Kier molecular flexibility index (Phi) is 4.62. The number of aromatic nitrogens is 4. The fourth-order valence-electron chi connectivity index (χ4n) is 2.36. The average Bonchev–Trinajstić information content (AvgIpc) is 2.99. The first-order valence-corrected chi connectivity index (χ1v) is 7.05. The summed E-state index contributed by atoms with van der Waals surface area (Å²) in [6.45, 7) is 3.83. The van der Waals surface area contributed by atoms with E-state index in [0.717, 1.165) is 18.7 Å². The number of hydrogen-bond donors (Lipinski definition) is 3. The van der Waals surface area contributed by atoms with E-state index in [1.165, 1.54) is 0 Å². The molecule has 2 aromatic heterocycles. The van der Waals surface area contributed by atoms with Crippen LogP contribution in [0.15, 0.2) is 17.2 Å². The van der Waals surface area contributed by atoms with E-state index >= 15 is 0 Å². The Morgan fingerprint density at radius 3 is 2.76 bits per heavy atom. The van der Waals surface area contributed by atoms with Gasteiger partial charge in [0.1, 0.15) is 5.82 Å². The van der Waals surface area contributed by atoms with E-state index in [1.807, 2.05) is 17.8 Å². The number of nitrogens with zero attached hydrogens (tertiary/aromatic N) is 2. The lowest BCUT2D eigenvalue weighted by atomic mass is 10.1. The van der Waals surface area contributed by atoms with Crippen molar-refractivity contribution < 1.29 is 4.79 Å². The molecule has 0 aliphatic heterocycles. The molecule has 0 fully saturated rings. The summed E-state index contributed by atoms with van der Waals surface area (Å²) in [5.74, 6) is 0.648. The second kappa shape index (κ2) is 6.43. The van der Waals surface area contributed by atoms with Crippen LogP contribution in [0.4, 0.5) is 0 Å². The number of rotatable bonds is 6. The Balaban J connectivity index is 2.09. The topological polar surface area (TPSA) is 95.6 Å². The normalized spacial score (nSPS) is 12.3. The van der Waals surface area contributed by atoms with Crippen LogP contribution in [0, 0.1) is 6.92 Å². The number of aryl methyl sites for hydroxylation is 2. The summed E-state index contributed by atoms with van der Waals surface area (Å²) in [6, 6.07) is -0.138. The van der Waals surface area contributed by atoms with Crippen molar-refractivity contribution in [1.82, 2.24) is 25.1 Å². The largest absolute Gasteiger partial charge is 0.346 e. The van der Waals surface area contributed by atoms with Gasteiger partial charge in [-0.3, -0.25) is 14.7 Å². The molecule has 1 unspecified atom stereocenters. The summed E-state index contributed by atoms with van der Waals surface area (Å²) in [5, 5.41) is 8.17. The average molecular weight is 291 g/mol. The van der Waals surface area contributed by atoms with Gasteiger partial charge in [-0.05, 0) is 13.3 Å². The minimum atomic E-state index is -0.244. The van der Waals surface area contributed by atoms with Crippen molar-refractivity contribution in [1.29, 1.82) is 0 Å². The molecule has 0 radical (unpaired) electrons.